The molecule has 4 N–H and O–H groups in total. The van der Waals surface area contributed by atoms with Gasteiger partial charge in [-0.3, -0.25) is 9.78 Å². The second-order valence-corrected chi connectivity index (χ2v) is 11.6. The zero-order valence-corrected chi connectivity index (χ0v) is 25.0. The molecule has 1 unspecified atom stereocenters. The van der Waals surface area contributed by atoms with Crippen LogP contribution in [0.5, 0.6) is 0 Å². The van der Waals surface area contributed by atoms with Gasteiger partial charge in [0.15, 0.2) is 6.10 Å². The van der Waals surface area contributed by atoms with Gasteiger partial charge in [0, 0.05) is 37.4 Å². The summed E-state index contributed by atoms with van der Waals surface area (Å²) in [4.78, 5) is 44.1. The van der Waals surface area contributed by atoms with Crippen molar-refractivity contribution < 1.29 is 29.0 Å². The van der Waals surface area contributed by atoms with E-state index in [1.165, 1.54) is 0 Å². The van der Waals surface area contributed by atoms with Crippen LogP contribution in [0.4, 0.5) is 9.59 Å². The van der Waals surface area contributed by atoms with Gasteiger partial charge in [0.05, 0.1) is 31.9 Å². The number of carbonyl (C=O) groups is 3. The number of benzene rings is 1. The monoisotopic (exact) mass is 595 g/mol. The summed E-state index contributed by atoms with van der Waals surface area (Å²) in [5.74, 6) is -0.574. The summed E-state index contributed by atoms with van der Waals surface area (Å²) in [5.41, 5.74) is 1.94. The van der Waals surface area contributed by atoms with Crippen LogP contribution in [0.15, 0.2) is 54.9 Å². The van der Waals surface area contributed by atoms with Crippen LogP contribution in [0.3, 0.4) is 0 Å². The maximum atomic E-state index is 13.0. The lowest BCUT2D eigenvalue weighted by Gasteiger charge is -2.41. The fourth-order valence-electron chi connectivity index (χ4n) is 5.57. The third kappa shape index (κ3) is 9.93. The molecule has 43 heavy (non-hydrogen) atoms. The lowest BCUT2D eigenvalue weighted by Crippen LogP contribution is -2.51. The molecular formula is C32H45N5O6. The molecule has 2 aliphatic rings. The van der Waals surface area contributed by atoms with Gasteiger partial charge in [-0.25, -0.2) is 9.59 Å². The number of hydrogen-bond donors (Lipinski definition) is 4. The topological polar surface area (TPSA) is 142 Å². The van der Waals surface area contributed by atoms with Crippen molar-refractivity contribution in [2.75, 3.05) is 39.5 Å². The van der Waals surface area contributed by atoms with Crippen LogP contribution >= 0.6 is 0 Å². The van der Waals surface area contributed by atoms with Crippen LogP contribution in [-0.2, 0) is 20.7 Å². The average Bonchev–Trinajstić information content (AvgIpc) is 3.02. The van der Waals surface area contributed by atoms with Gasteiger partial charge in [-0.1, -0.05) is 36.8 Å². The minimum absolute atomic E-state index is 0.117. The Hall–Kier alpha value is -3.70. The van der Waals surface area contributed by atoms with Gasteiger partial charge in [0.25, 0.3) is 5.91 Å². The quantitative estimate of drug-likeness (QED) is 0.246. The number of nitrogens with one attached hydrogen (secondary N) is 3. The first-order valence-corrected chi connectivity index (χ1v) is 15.3. The largest absolute Gasteiger partial charge is 0.449 e. The summed E-state index contributed by atoms with van der Waals surface area (Å²) in [5, 5.41) is 19.5. The minimum atomic E-state index is -1.48. The third-order valence-corrected chi connectivity index (χ3v) is 8.38. The number of ether oxygens (including phenoxy) is 2. The fraction of sp³-hybridized carbons (Fsp3) is 0.562. The molecule has 1 aromatic heterocycles. The summed E-state index contributed by atoms with van der Waals surface area (Å²) >= 11 is 0. The predicted molar refractivity (Wildman–Crippen MR) is 161 cm³/mol. The van der Waals surface area contributed by atoms with Crippen LogP contribution in [-0.4, -0.2) is 84.6 Å². The van der Waals surface area contributed by atoms with E-state index < -0.39 is 24.1 Å². The molecule has 1 saturated heterocycles. The molecule has 2 fully saturated rings. The van der Waals surface area contributed by atoms with Gasteiger partial charge < -0.3 is 35.4 Å². The van der Waals surface area contributed by atoms with Gasteiger partial charge in [-0.05, 0) is 68.7 Å². The Kier molecular flexibility index (Phi) is 12.2. The fourth-order valence-corrected chi connectivity index (χ4v) is 5.57. The van der Waals surface area contributed by atoms with Crippen molar-refractivity contribution in [2.45, 2.75) is 70.1 Å². The Balaban J connectivity index is 1.30. The van der Waals surface area contributed by atoms with Gasteiger partial charge >= 0.3 is 12.1 Å². The Labute approximate surface area is 253 Å². The number of morpholine rings is 1. The van der Waals surface area contributed by atoms with Crippen LogP contribution in [0.1, 0.15) is 62.6 Å². The highest BCUT2D eigenvalue weighted by molar-refractivity contribution is 5.82. The predicted octanol–water partition coefficient (Wildman–Crippen LogP) is 3.34. The number of nitrogens with zero attached hydrogens (tertiary/aromatic N) is 2. The minimum Gasteiger partial charge on any atom is -0.449 e. The van der Waals surface area contributed by atoms with Crippen molar-refractivity contribution in [1.82, 2.24) is 25.8 Å². The van der Waals surface area contributed by atoms with E-state index >= 15 is 0 Å². The highest BCUT2D eigenvalue weighted by atomic mass is 16.5. The Morgan fingerprint density at radius 2 is 1.77 bits per heavy atom. The molecule has 4 rings (SSSR count). The number of aromatic nitrogens is 1. The maximum absolute atomic E-state index is 13.0. The number of aliphatic hydroxyl groups is 1. The number of urea groups is 1. The molecular weight excluding hydrogens is 550 g/mol. The SMILES string of the molecule is C[C@@H](NC(=O)C(O)[C@H](CCCCNC(=O)N1CCOCC1)NC(=O)OCC1(Cc2ccncc2)CCC1)c1ccccc1. The van der Waals surface area contributed by atoms with Gasteiger partial charge in [-0.2, -0.15) is 0 Å². The number of amides is 4. The molecule has 2 heterocycles. The maximum Gasteiger partial charge on any atom is 0.407 e. The summed E-state index contributed by atoms with van der Waals surface area (Å²) in [6.45, 7) is 4.73. The molecule has 3 atom stereocenters. The smallest absolute Gasteiger partial charge is 0.407 e. The van der Waals surface area contributed by atoms with Crippen LogP contribution < -0.4 is 16.0 Å². The number of pyridine rings is 1. The molecule has 0 spiro atoms. The first-order chi connectivity index (χ1) is 20.8. The first kappa shape index (κ1) is 32.2. The highest BCUT2D eigenvalue weighted by Crippen LogP contribution is 2.44. The summed E-state index contributed by atoms with van der Waals surface area (Å²) in [6, 6.07) is 12.1. The van der Waals surface area contributed by atoms with E-state index in [2.05, 4.69) is 20.9 Å². The Bertz CT molecular complexity index is 1160. The van der Waals surface area contributed by atoms with Crippen LogP contribution in [0, 0.1) is 5.41 Å². The highest BCUT2D eigenvalue weighted by Gasteiger charge is 2.39. The van der Waals surface area contributed by atoms with E-state index in [1.807, 2.05) is 49.4 Å². The standard InChI is InChI=1S/C32H45N5O6/c1-24(26-8-3-2-4-9-26)35-29(39)28(38)27(10-5-6-15-34-30(40)37-18-20-42-21-19-37)36-31(41)43-23-32(13-7-14-32)22-25-11-16-33-17-12-25/h2-4,8-9,11-12,16-17,24,27-28,38H,5-7,10,13-15,18-23H2,1H3,(H,34,40)(H,35,39)(H,36,41)/t24-,27+,28?/m1/s1. The normalized spacial score (nSPS) is 18.0. The molecule has 2 aromatic rings. The van der Waals surface area contributed by atoms with Crippen molar-refractivity contribution in [3.8, 4) is 0 Å². The molecule has 4 amide bonds. The van der Waals surface area contributed by atoms with Crippen molar-refractivity contribution in [1.29, 1.82) is 0 Å². The zero-order chi connectivity index (χ0) is 30.5. The van der Waals surface area contributed by atoms with E-state index in [0.717, 1.165) is 36.8 Å². The second kappa shape index (κ2) is 16.2. The van der Waals surface area contributed by atoms with Crippen LogP contribution in [0.25, 0.3) is 0 Å². The Morgan fingerprint density at radius 3 is 2.44 bits per heavy atom. The molecule has 1 saturated carbocycles. The number of hydrogen-bond acceptors (Lipinski definition) is 7. The van der Waals surface area contributed by atoms with E-state index in [4.69, 9.17) is 9.47 Å². The number of rotatable bonds is 14. The lowest BCUT2D eigenvalue weighted by atomic mass is 9.66. The number of aliphatic hydroxyl groups excluding tert-OH is 1. The summed E-state index contributed by atoms with van der Waals surface area (Å²) in [6.07, 6.45) is 6.72. The van der Waals surface area contributed by atoms with E-state index in [9.17, 15) is 19.5 Å². The van der Waals surface area contributed by atoms with Gasteiger partial charge in [-0.15, -0.1) is 0 Å². The van der Waals surface area contributed by atoms with Crippen molar-refractivity contribution in [2.24, 2.45) is 5.41 Å². The molecule has 234 valence electrons. The summed E-state index contributed by atoms with van der Waals surface area (Å²) < 4.78 is 11.0. The second-order valence-electron chi connectivity index (χ2n) is 11.6. The third-order valence-electron chi connectivity index (χ3n) is 8.38. The average molecular weight is 596 g/mol. The van der Waals surface area contributed by atoms with Crippen molar-refractivity contribution in [3.05, 3.63) is 66.0 Å². The van der Waals surface area contributed by atoms with Crippen molar-refractivity contribution in [3.63, 3.8) is 0 Å². The molecule has 1 aromatic carbocycles. The number of unbranched alkanes of at least 4 members (excludes halogenated alkanes) is 1. The number of carbonyl (C=O) groups excluding carboxylic acids is 3. The molecule has 11 nitrogen and oxygen atoms in total. The Morgan fingerprint density at radius 1 is 1.05 bits per heavy atom. The van der Waals surface area contributed by atoms with E-state index in [0.29, 0.717) is 52.1 Å². The number of alkyl carbamates (subject to hydrolysis) is 1. The van der Waals surface area contributed by atoms with E-state index in [1.54, 1.807) is 17.3 Å². The molecule has 1 aliphatic heterocycles. The summed E-state index contributed by atoms with van der Waals surface area (Å²) in [7, 11) is 0. The van der Waals surface area contributed by atoms with E-state index in [-0.39, 0.29) is 24.1 Å². The van der Waals surface area contributed by atoms with Crippen LogP contribution in [0.2, 0.25) is 0 Å². The van der Waals surface area contributed by atoms with Gasteiger partial charge in [0.1, 0.15) is 0 Å². The van der Waals surface area contributed by atoms with Crippen molar-refractivity contribution >= 4 is 18.0 Å². The molecule has 0 radical (unpaired) electrons. The molecule has 11 heteroatoms. The molecule has 0 bridgehead atoms. The zero-order valence-electron chi connectivity index (χ0n) is 25.0. The first-order valence-electron chi connectivity index (χ1n) is 15.3. The lowest BCUT2D eigenvalue weighted by molar-refractivity contribution is -0.131. The molecule has 1 aliphatic carbocycles. The van der Waals surface area contributed by atoms with Gasteiger partial charge in [0.2, 0.25) is 0 Å².